The minimum atomic E-state index is -0.594. The Hall–Kier alpha value is -1.35. The third kappa shape index (κ3) is 2.83. The molecule has 0 saturated carbocycles. The highest BCUT2D eigenvalue weighted by Gasteiger charge is 2.17. The molecule has 1 aromatic rings. The number of Topliss-reactive ketones (excluding diaryl/α,β-unsaturated/α-hetero) is 1. The molecule has 0 aliphatic carbocycles. The van der Waals surface area contributed by atoms with Crippen LogP contribution in [0.2, 0.25) is 5.02 Å². The normalized spacial score (nSPS) is 11.4. The Balaban J connectivity index is 3.15. The van der Waals surface area contributed by atoms with E-state index < -0.39 is 11.6 Å². The highest BCUT2D eigenvalue weighted by atomic mass is 35.5. The van der Waals surface area contributed by atoms with Crippen LogP contribution in [0, 0.1) is 5.82 Å². The number of carbonyl (C=O) groups excluding carboxylic acids is 1. The Morgan fingerprint density at radius 1 is 1.44 bits per heavy atom. The molecule has 2 nitrogen and oxygen atoms in total. The molecule has 0 amide bonds. The van der Waals surface area contributed by atoms with Crippen molar-refractivity contribution in [1.29, 1.82) is 0 Å². The lowest BCUT2D eigenvalue weighted by Crippen LogP contribution is -2.09. The van der Waals surface area contributed by atoms with Crippen molar-refractivity contribution in [2.75, 3.05) is 14.1 Å². The second-order valence-electron chi connectivity index (χ2n) is 3.70. The van der Waals surface area contributed by atoms with E-state index in [1.165, 1.54) is 18.2 Å². The highest BCUT2D eigenvalue weighted by molar-refractivity contribution is 6.34. The summed E-state index contributed by atoms with van der Waals surface area (Å²) in [5, 5.41) is 0.136. The SMILES string of the molecule is C/C(=C\N(C)C)C(=O)c1c(F)cccc1Cl. The summed E-state index contributed by atoms with van der Waals surface area (Å²) in [5.74, 6) is -0.985. The molecular formula is C12H13ClFNO. The first-order chi connectivity index (χ1) is 7.43. The monoisotopic (exact) mass is 241 g/mol. The van der Waals surface area contributed by atoms with E-state index in [4.69, 9.17) is 11.6 Å². The average Bonchev–Trinajstić information content (AvgIpc) is 2.16. The Morgan fingerprint density at radius 2 is 2.06 bits per heavy atom. The van der Waals surface area contributed by atoms with E-state index in [1.54, 1.807) is 32.1 Å². The summed E-state index contributed by atoms with van der Waals surface area (Å²) in [4.78, 5) is 13.6. The Morgan fingerprint density at radius 3 is 2.56 bits per heavy atom. The molecule has 0 unspecified atom stereocenters. The molecule has 0 aromatic heterocycles. The second-order valence-corrected chi connectivity index (χ2v) is 4.11. The third-order valence-electron chi connectivity index (χ3n) is 2.00. The number of hydrogen-bond donors (Lipinski definition) is 0. The zero-order valence-corrected chi connectivity index (χ0v) is 10.2. The van der Waals surface area contributed by atoms with E-state index in [2.05, 4.69) is 0 Å². The van der Waals surface area contributed by atoms with Crippen molar-refractivity contribution in [2.24, 2.45) is 0 Å². The van der Waals surface area contributed by atoms with Crippen LogP contribution in [-0.2, 0) is 0 Å². The van der Waals surface area contributed by atoms with Gasteiger partial charge in [0.2, 0.25) is 0 Å². The first-order valence-electron chi connectivity index (χ1n) is 4.77. The number of allylic oxidation sites excluding steroid dienone is 1. The average molecular weight is 242 g/mol. The molecule has 1 rings (SSSR count). The van der Waals surface area contributed by atoms with Crippen molar-refractivity contribution < 1.29 is 9.18 Å². The van der Waals surface area contributed by atoms with E-state index in [1.807, 2.05) is 0 Å². The van der Waals surface area contributed by atoms with Crippen molar-refractivity contribution in [2.45, 2.75) is 6.92 Å². The molecule has 0 spiro atoms. The minimum absolute atomic E-state index is 0.0697. The van der Waals surface area contributed by atoms with Crippen LogP contribution in [0.5, 0.6) is 0 Å². The smallest absolute Gasteiger partial charge is 0.194 e. The van der Waals surface area contributed by atoms with Crippen LogP contribution in [0.1, 0.15) is 17.3 Å². The van der Waals surface area contributed by atoms with Crippen LogP contribution in [0.15, 0.2) is 30.0 Å². The summed E-state index contributed by atoms with van der Waals surface area (Å²) in [6.07, 6.45) is 1.63. The van der Waals surface area contributed by atoms with E-state index >= 15 is 0 Å². The molecule has 0 N–H and O–H groups in total. The fraction of sp³-hybridized carbons (Fsp3) is 0.250. The van der Waals surface area contributed by atoms with Crippen LogP contribution in [0.25, 0.3) is 0 Å². The summed E-state index contributed by atoms with van der Waals surface area (Å²) in [6.45, 7) is 1.63. The Labute approximate surface area is 99.3 Å². The van der Waals surface area contributed by atoms with Gasteiger partial charge in [-0.3, -0.25) is 4.79 Å². The van der Waals surface area contributed by atoms with E-state index in [9.17, 15) is 9.18 Å². The van der Waals surface area contributed by atoms with Crippen molar-refractivity contribution in [3.05, 3.63) is 46.4 Å². The predicted octanol–water partition coefficient (Wildman–Crippen LogP) is 3.13. The lowest BCUT2D eigenvalue weighted by atomic mass is 10.0. The van der Waals surface area contributed by atoms with Crippen molar-refractivity contribution in [3.8, 4) is 0 Å². The fourth-order valence-electron chi connectivity index (χ4n) is 1.36. The van der Waals surface area contributed by atoms with E-state index in [-0.39, 0.29) is 10.6 Å². The zero-order valence-electron chi connectivity index (χ0n) is 9.42. The summed E-state index contributed by atoms with van der Waals surface area (Å²) in [6, 6.07) is 4.20. The topological polar surface area (TPSA) is 20.3 Å². The Bertz CT molecular complexity index is 420. The van der Waals surface area contributed by atoms with Crippen molar-refractivity contribution >= 4 is 17.4 Å². The van der Waals surface area contributed by atoms with Crippen LogP contribution < -0.4 is 0 Å². The van der Waals surface area contributed by atoms with Gasteiger partial charge in [0.15, 0.2) is 5.78 Å². The number of nitrogens with zero attached hydrogens (tertiary/aromatic N) is 1. The molecule has 0 heterocycles. The molecule has 0 bridgehead atoms. The van der Waals surface area contributed by atoms with Gasteiger partial charge in [0.05, 0.1) is 10.6 Å². The summed E-state index contributed by atoms with van der Waals surface area (Å²) in [5.41, 5.74) is 0.372. The molecule has 16 heavy (non-hydrogen) atoms. The lowest BCUT2D eigenvalue weighted by molar-refractivity contribution is 0.102. The number of hydrogen-bond acceptors (Lipinski definition) is 2. The summed E-state index contributed by atoms with van der Waals surface area (Å²) >= 11 is 5.80. The second kappa shape index (κ2) is 5.12. The molecule has 1 aromatic carbocycles. The maximum atomic E-state index is 13.5. The fourth-order valence-corrected chi connectivity index (χ4v) is 1.61. The molecule has 0 fully saturated rings. The predicted molar refractivity (Wildman–Crippen MR) is 63.2 cm³/mol. The van der Waals surface area contributed by atoms with Crippen molar-refractivity contribution in [3.63, 3.8) is 0 Å². The van der Waals surface area contributed by atoms with Crippen LogP contribution in [0.4, 0.5) is 4.39 Å². The van der Waals surface area contributed by atoms with Gasteiger partial charge < -0.3 is 4.90 Å². The quantitative estimate of drug-likeness (QED) is 0.599. The number of rotatable bonds is 3. The first-order valence-corrected chi connectivity index (χ1v) is 5.15. The van der Waals surface area contributed by atoms with Gasteiger partial charge in [0.1, 0.15) is 5.82 Å². The molecule has 0 aliphatic heterocycles. The van der Waals surface area contributed by atoms with E-state index in [0.29, 0.717) is 5.57 Å². The van der Waals surface area contributed by atoms with Crippen LogP contribution in [-0.4, -0.2) is 24.8 Å². The number of carbonyl (C=O) groups is 1. The minimum Gasteiger partial charge on any atom is -0.383 e. The highest BCUT2D eigenvalue weighted by Crippen LogP contribution is 2.22. The molecule has 0 radical (unpaired) electrons. The maximum absolute atomic E-state index is 13.5. The summed E-state index contributed by atoms with van der Waals surface area (Å²) < 4.78 is 13.5. The van der Waals surface area contributed by atoms with Gasteiger partial charge in [0, 0.05) is 25.9 Å². The van der Waals surface area contributed by atoms with Gasteiger partial charge >= 0.3 is 0 Å². The molecule has 0 saturated heterocycles. The van der Waals surface area contributed by atoms with Gasteiger partial charge in [-0.2, -0.15) is 0 Å². The number of ketones is 1. The van der Waals surface area contributed by atoms with E-state index in [0.717, 1.165) is 0 Å². The van der Waals surface area contributed by atoms with Crippen molar-refractivity contribution in [1.82, 2.24) is 4.90 Å². The van der Waals surface area contributed by atoms with Gasteiger partial charge in [-0.1, -0.05) is 17.7 Å². The molecule has 0 aliphatic rings. The largest absolute Gasteiger partial charge is 0.383 e. The van der Waals surface area contributed by atoms with Gasteiger partial charge in [-0.15, -0.1) is 0 Å². The Kier molecular flexibility index (Phi) is 4.07. The maximum Gasteiger partial charge on any atom is 0.194 e. The first kappa shape index (κ1) is 12.7. The molecule has 86 valence electrons. The molecule has 4 heteroatoms. The zero-order chi connectivity index (χ0) is 12.3. The van der Waals surface area contributed by atoms with Gasteiger partial charge in [0.25, 0.3) is 0 Å². The molecule has 0 atom stereocenters. The molecular weight excluding hydrogens is 229 g/mol. The number of benzene rings is 1. The third-order valence-corrected chi connectivity index (χ3v) is 2.31. The summed E-state index contributed by atoms with van der Waals surface area (Å²) in [7, 11) is 3.58. The van der Waals surface area contributed by atoms with Crippen LogP contribution >= 0.6 is 11.6 Å². The standard InChI is InChI=1S/C12H13ClFNO/c1-8(7-15(2)3)12(16)11-9(13)5-4-6-10(11)14/h4-7H,1-3H3/b8-7+. The van der Waals surface area contributed by atoms with Crippen LogP contribution in [0.3, 0.4) is 0 Å². The lowest BCUT2D eigenvalue weighted by Gasteiger charge is -2.09. The number of halogens is 2. The van der Waals surface area contributed by atoms with Gasteiger partial charge in [-0.25, -0.2) is 4.39 Å². The van der Waals surface area contributed by atoms with Gasteiger partial charge in [-0.05, 0) is 19.1 Å².